The van der Waals surface area contributed by atoms with Gasteiger partial charge in [0.2, 0.25) is 11.5 Å². The van der Waals surface area contributed by atoms with Crippen molar-refractivity contribution in [3.8, 4) is 5.88 Å². The van der Waals surface area contributed by atoms with E-state index >= 15 is 0 Å². The number of rotatable bonds is 4. The van der Waals surface area contributed by atoms with E-state index in [0.29, 0.717) is 12.3 Å². The molecule has 26 heavy (non-hydrogen) atoms. The molecule has 1 saturated carbocycles. The van der Waals surface area contributed by atoms with Crippen LogP contribution in [0, 0.1) is 6.92 Å². The molecule has 0 saturated heterocycles. The van der Waals surface area contributed by atoms with Gasteiger partial charge >= 0.3 is 5.97 Å². The van der Waals surface area contributed by atoms with Gasteiger partial charge in [0.15, 0.2) is 0 Å². The van der Waals surface area contributed by atoms with Gasteiger partial charge in [0, 0.05) is 13.5 Å². The lowest BCUT2D eigenvalue weighted by molar-refractivity contribution is -0.183. The second-order valence-corrected chi connectivity index (χ2v) is 7.76. The molecule has 6 heteroatoms. The first-order valence-electron chi connectivity index (χ1n) is 8.92. The lowest BCUT2D eigenvalue weighted by Crippen LogP contribution is -2.54. The summed E-state index contributed by atoms with van der Waals surface area (Å²) in [6.07, 6.45) is 3.16. The third kappa shape index (κ3) is 3.38. The summed E-state index contributed by atoms with van der Waals surface area (Å²) in [5.74, 6) is -0.0257. The topological polar surface area (TPSA) is 70.5 Å². The molecular weight excluding hydrogens is 332 g/mol. The highest BCUT2D eigenvalue weighted by Crippen LogP contribution is 2.39. The van der Waals surface area contributed by atoms with E-state index in [1.54, 1.807) is 7.11 Å². The van der Waals surface area contributed by atoms with E-state index in [9.17, 15) is 4.79 Å². The molecule has 140 valence electrons. The van der Waals surface area contributed by atoms with Crippen molar-refractivity contribution in [2.24, 2.45) is 0 Å². The van der Waals surface area contributed by atoms with Gasteiger partial charge in [-0.1, -0.05) is 12.1 Å². The molecule has 1 heterocycles. The van der Waals surface area contributed by atoms with Crippen molar-refractivity contribution in [1.29, 1.82) is 0 Å². The summed E-state index contributed by atoms with van der Waals surface area (Å²) in [7, 11) is 1.60. The van der Waals surface area contributed by atoms with Crippen LogP contribution < -0.4 is 4.74 Å². The summed E-state index contributed by atoms with van der Waals surface area (Å²) in [4.78, 5) is 21.7. The molecule has 0 amide bonds. The maximum atomic E-state index is 13.1. The Morgan fingerprint density at radius 1 is 1.27 bits per heavy atom. The van der Waals surface area contributed by atoms with Gasteiger partial charge < -0.3 is 14.2 Å². The van der Waals surface area contributed by atoms with Crippen LogP contribution in [0.1, 0.15) is 45.6 Å². The number of nitrogens with zero attached hydrogens (tertiary/aromatic N) is 2. The highest BCUT2D eigenvalue weighted by atomic mass is 16.6. The zero-order valence-corrected chi connectivity index (χ0v) is 16.0. The molecule has 1 fully saturated rings. The molecule has 1 aromatic heterocycles. The van der Waals surface area contributed by atoms with E-state index in [-0.39, 0.29) is 6.10 Å². The number of carbonyl (C=O) groups excluding carboxylic acids is 1. The maximum absolute atomic E-state index is 13.1. The van der Waals surface area contributed by atoms with E-state index in [2.05, 4.69) is 9.97 Å². The summed E-state index contributed by atoms with van der Waals surface area (Å²) in [6, 6.07) is 5.81. The van der Waals surface area contributed by atoms with Gasteiger partial charge in [-0.2, -0.15) is 0 Å². The minimum absolute atomic E-state index is 0.382. The Kier molecular flexibility index (Phi) is 4.88. The number of para-hydroxylation sites is 1. The minimum Gasteiger partial charge on any atom is -0.457 e. The maximum Gasteiger partial charge on any atom is 0.353 e. The van der Waals surface area contributed by atoms with Crippen LogP contribution in [0.5, 0.6) is 5.88 Å². The Balaban J connectivity index is 2.05. The monoisotopic (exact) mass is 358 g/mol. The molecule has 0 radical (unpaired) electrons. The van der Waals surface area contributed by atoms with Crippen molar-refractivity contribution in [3.05, 3.63) is 30.1 Å². The highest BCUT2D eigenvalue weighted by molar-refractivity contribution is 5.87. The summed E-state index contributed by atoms with van der Waals surface area (Å²) in [5, 5.41) is 0.775. The van der Waals surface area contributed by atoms with Crippen LogP contribution in [-0.4, -0.2) is 40.4 Å². The molecule has 2 aromatic rings. The number of fused-ring (bicyclic) bond motifs is 1. The van der Waals surface area contributed by atoms with Gasteiger partial charge in [0.1, 0.15) is 18.0 Å². The fourth-order valence-electron chi connectivity index (χ4n) is 3.47. The molecule has 2 unspecified atom stereocenters. The van der Waals surface area contributed by atoms with Crippen molar-refractivity contribution in [1.82, 2.24) is 9.97 Å². The summed E-state index contributed by atoms with van der Waals surface area (Å²) in [5.41, 5.74) is 0.0192. The third-order valence-corrected chi connectivity index (χ3v) is 4.67. The van der Waals surface area contributed by atoms with Crippen LogP contribution >= 0.6 is 0 Å². The molecule has 0 spiro atoms. The van der Waals surface area contributed by atoms with Crippen molar-refractivity contribution in [2.75, 3.05) is 7.11 Å². The molecular formula is C20H26N2O4. The number of carbonyl (C=O) groups is 1. The van der Waals surface area contributed by atoms with Gasteiger partial charge in [-0.25, -0.2) is 14.8 Å². The number of methoxy groups -OCH3 is 1. The summed E-state index contributed by atoms with van der Waals surface area (Å²) in [6.45, 7) is 7.52. The molecule has 0 N–H and O–H groups in total. The van der Waals surface area contributed by atoms with Crippen LogP contribution in [-0.2, 0) is 14.3 Å². The Morgan fingerprint density at radius 2 is 2.04 bits per heavy atom. The van der Waals surface area contributed by atoms with Gasteiger partial charge in [0.05, 0.1) is 10.9 Å². The van der Waals surface area contributed by atoms with E-state index in [1.165, 1.54) is 6.33 Å². The van der Waals surface area contributed by atoms with Crippen molar-refractivity contribution < 1.29 is 19.0 Å². The van der Waals surface area contributed by atoms with Crippen LogP contribution in [0.25, 0.3) is 10.9 Å². The predicted octanol–water partition coefficient (Wildman–Crippen LogP) is 3.60. The van der Waals surface area contributed by atoms with Gasteiger partial charge in [-0.15, -0.1) is 0 Å². The van der Waals surface area contributed by atoms with Crippen LogP contribution in [0.15, 0.2) is 24.5 Å². The quantitative estimate of drug-likeness (QED) is 0.778. The number of ether oxygens (including phenoxy) is 3. The molecule has 6 nitrogen and oxygen atoms in total. The van der Waals surface area contributed by atoms with Crippen LogP contribution in [0.3, 0.4) is 0 Å². The summed E-state index contributed by atoms with van der Waals surface area (Å²) < 4.78 is 17.6. The largest absolute Gasteiger partial charge is 0.457 e. The normalized spacial score (nSPS) is 23.2. The molecule has 0 aliphatic heterocycles. The smallest absolute Gasteiger partial charge is 0.353 e. The SMILES string of the molecule is COC1CCCC1(Oc1ncnc2c(C)cccc12)C(=O)OC(C)(C)C. The molecule has 0 bridgehead atoms. The summed E-state index contributed by atoms with van der Waals surface area (Å²) >= 11 is 0. The fourth-order valence-corrected chi connectivity index (χ4v) is 3.47. The molecule has 3 rings (SSSR count). The number of aryl methyl sites for hydroxylation is 1. The standard InChI is InChI=1S/C20H26N2O4/c1-13-8-6-9-14-16(13)21-12-22-17(14)25-20(11-7-10-15(20)24-5)18(23)26-19(2,3)4/h6,8-9,12,15H,7,10-11H2,1-5H3. The Morgan fingerprint density at radius 3 is 2.73 bits per heavy atom. The molecule has 2 atom stereocenters. The van der Waals surface area contributed by atoms with Crippen molar-refractivity contribution in [2.45, 2.75) is 64.3 Å². The second kappa shape index (κ2) is 6.83. The number of hydrogen-bond acceptors (Lipinski definition) is 6. The number of esters is 1. The predicted molar refractivity (Wildman–Crippen MR) is 98.1 cm³/mol. The Labute approximate surface area is 153 Å². The molecule has 1 aliphatic rings. The lowest BCUT2D eigenvalue weighted by Gasteiger charge is -2.35. The van der Waals surface area contributed by atoms with Gasteiger partial charge in [-0.05, 0) is 52.2 Å². The second-order valence-electron chi connectivity index (χ2n) is 7.76. The average Bonchev–Trinajstić information content (AvgIpc) is 2.98. The number of hydrogen-bond donors (Lipinski definition) is 0. The van der Waals surface area contributed by atoms with E-state index < -0.39 is 17.2 Å². The van der Waals surface area contributed by atoms with Crippen molar-refractivity contribution >= 4 is 16.9 Å². The van der Waals surface area contributed by atoms with Gasteiger partial charge in [0.25, 0.3) is 0 Å². The number of benzene rings is 1. The third-order valence-electron chi connectivity index (χ3n) is 4.67. The molecule has 1 aromatic carbocycles. The first-order valence-corrected chi connectivity index (χ1v) is 8.92. The minimum atomic E-state index is -1.20. The molecule has 1 aliphatic carbocycles. The lowest BCUT2D eigenvalue weighted by atomic mass is 9.98. The first-order chi connectivity index (χ1) is 12.3. The van der Waals surface area contributed by atoms with Crippen LogP contribution in [0.4, 0.5) is 0 Å². The van der Waals surface area contributed by atoms with Crippen LogP contribution in [0.2, 0.25) is 0 Å². The van der Waals surface area contributed by atoms with E-state index in [0.717, 1.165) is 29.3 Å². The Hall–Kier alpha value is -2.21. The first kappa shape index (κ1) is 18.6. The highest BCUT2D eigenvalue weighted by Gasteiger charge is 2.55. The van der Waals surface area contributed by atoms with Gasteiger partial charge in [-0.3, -0.25) is 0 Å². The number of aromatic nitrogens is 2. The van der Waals surface area contributed by atoms with Crippen molar-refractivity contribution in [3.63, 3.8) is 0 Å². The fraction of sp³-hybridized carbons (Fsp3) is 0.550. The van der Waals surface area contributed by atoms with E-state index in [4.69, 9.17) is 14.2 Å². The zero-order valence-electron chi connectivity index (χ0n) is 16.0. The zero-order chi connectivity index (χ0) is 18.9. The van der Waals surface area contributed by atoms with E-state index in [1.807, 2.05) is 45.9 Å². The average molecular weight is 358 g/mol. The Bertz CT molecular complexity index is 815.